The van der Waals surface area contributed by atoms with Gasteiger partial charge in [-0.15, -0.1) is 10.2 Å². The van der Waals surface area contributed by atoms with Gasteiger partial charge >= 0.3 is 0 Å². The van der Waals surface area contributed by atoms with Crippen molar-refractivity contribution in [1.29, 1.82) is 0 Å². The number of ether oxygens (including phenoxy) is 1. The van der Waals surface area contributed by atoms with Gasteiger partial charge in [0.2, 0.25) is 5.91 Å². The van der Waals surface area contributed by atoms with Crippen LogP contribution in [0.4, 0.5) is 0 Å². The van der Waals surface area contributed by atoms with Crippen molar-refractivity contribution in [2.24, 2.45) is 0 Å². The maximum Gasteiger partial charge on any atom is 0.270 e. The zero-order valence-electron chi connectivity index (χ0n) is 18.4. The maximum absolute atomic E-state index is 12.8. The van der Waals surface area contributed by atoms with E-state index in [9.17, 15) is 9.59 Å². The van der Waals surface area contributed by atoms with Gasteiger partial charge in [-0.2, -0.15) is 0 Å². The van der Waals surface area contributed by atoms with Gasteiger partial charge in [-0.25, -0.2) is 0 Å². The van der Waals surface area contributed by atoms with Crippen LogP contribution in [0.3, 0.4) is 0 Å². The first kappa shape index (κ1) is 23.1. The second kappa shape index (κ2) is 10.3. The lowest BCUT2D eigenvalue weighted by atomic mass is 10.1. The lowest BCUT2D eigenvalue weighted by molar-refractivity contribution is -0.130. The summed E-state index contributed by atoms with van der Waals surface area (Å²) in [6.07, 6.45) is 2.97. The minimum Gasteiger partial charge on any atom is -0.489 e. The molecule has 4 rings (SSSR count). The molecule has 0 aliphatic carbocycles. The lowest BCUT2D eigenvalue weighted by Gasteiger charge is -2.31. The van der Waals surface area contributed by atoms with Crippen LogP contribution in [0.2, 0.25) is 5.02 Å². The number of pyridine rings is 1. The molecule has 1 aromatic carbocycles. The first-order chi connectivity index (χ1) is 15.9. The Labute approximate surface area is 201 Å². The molecule has 2 amide bonds. The quantitative estimate of drug-likeness (QED) is 0.569. The molecule has 10 heteroatoms. The molecule has 1 aliphatic heterocycles. The van der Waals surface area contributed by atoms with Crippen LogP contribution in [0.1, 0.15) is 40.8 Å². The van der Waals surface area contributed by atoms with Crippen LogP contribution < -0.4 is 10.1 Å². The number of nitrogens with zero attached hydrogens (tertiary/aromatic N) is 4. The number of rotatable bonds is 6. The lowest BCUT2D eigenvalue weighted by Crippen LogP contribution is -2.40. The van der Waals surface area contributed by atoms with Crippen LogP contribution in [0, 0.1) is 6.92 Å². The van der Waals surface area contributed by atoms with Crippen LogP contribution in [0.25, 0.3) is 10.6 Å². The van der Waals surface area contributed by atoms with Gasteiger partial charge in [0.25, 0.3) is 5.91 Å². The molecule has 0 bridgehead atoms. The standard InChI is InChI=1S/C23H24ClN5O3S/c1-14-27-28-23(33-14)19-13-25-20(22(31)26-12-16-3-5-17(24)6-4-16)11-21(19)32-18-7-9-29(10-8-18)15(2)30/h3-6,11,13,18H,7-10,12H2,1-2H3,(H,26,31). The highest BCUT2D eigenvalue weighted by atomic mass is 35.5. The van der Waals surface area contributed by atoms with Crippen molar-refractivity contribution in [2.45, 2.75) is 39.3 Å². The van der Waals surface area contributed by atoms with Crippen LogP contribution in [-0.4, -0.2) is 51.1 Å². The van der Waals surface area contributed by atoms with Crippen LogP contribution in [0.5, 0.6) is 5.75 Å². The summed E-state index contributed by atoms with van der Waals surface area (Å²) in [5.41, 5.74) is 1.89. The van der Waals surface area contributed by atoms with E-state index in [0.29, 0.717) is 53.8 Å². The Hall–Kier alpha value is -3.04. The first-order valence-corrected chi connectivity index (χ1v) is 11.8. The smallest absolute Gasteiger partial charge is 0.270 e. The summed E-state index contributed by atoms with van der Waals surface area (Å²) < 4.78 is 6.31. The second-order valence-electron chi connectivity index (χ2n) is 7.82. The summed E-state index contributed by atoms with van der Waals surface area (Å²) in [6, 6.07) is 8.94. The fourth-order valence-corrected chi connectivity index (χ4v) is 4.40. The van der Waals surface area contributed by atoms with Crippen molar-refractivity contribution in [1.82, 2.24) is 25.4 Å². The van der Waals surface area contributed by atoms with E-state index in [1.807, 2.05) is 24.0 Å². The number of aryl methyl sites for hydroxylation is 1. The zero-order chi connectivity index (χ0) is 23.4. The van der Waals surface area contributed by atoms with E-state index >= 15 is 0 Å². The largest absolute Gasteiger partial charge is 0.489 e. The van der Waals surface area contributed by atoms with E-state index in [4.69, 9.17) is 16.3 Å². The fraction of sp³-hybridized carbons (Fsp3) is 0.348. The molecule has 0 atom stereocenters. The molecule has 1 N–H and O–H groups in total. The molecule has 8 nitrogen and oxygen atoms in total. The third-order valence-electron chi connectivity index (χ3n) is 5.40. The monoisotopic (exact) mass is 485 g/mol. The van der Waals surface area contributed by atoms with E-state index in [1.54, 1.807) is 31.3 Å². The maximum atomic E-state index is 12.8. The predicted octanol–water partition coefficient (Wildman–Crippen LogP) is 3.88. The molecule has 0 saturated carbocycles. The third kappa shape index (κ3) is 5.85. The van der Waals surface area contributed by atoms with Crippen molar-refractivity contribution in [2.75, 3.05) is 13.1 Å². The zero-order valence-corrected chi connectivity index (χ0v) is 19.9. The highest BCUT2D eigenvalue weighted by Gasteiger charge is 2.24. The number of nitrogens with one attached hydrogen (secondary N) is 1. The van der Waals surface area contributed by atoms with Gasteiger partial charge in [0, 0.05) is 56.7 Å². The summed E-state index contributed by atoms with van der Waals surface area (Å²) in [5.74, 6) is 0.308. The van der Waals surface area contributed by atoms with E-state index in [2.05, 4.69) is 20.5 Å². The second-order valence-corrected chi connectivity index (χ2v) is 9.44. The number of likely N-dealkylation sites (tertiary alicyclic amines) is 1. The van der Waals surface area contributed by atoms with Gasteiger partial charge in [0.1, 0.15) is 22.6 Å². The Morgan fingerprint density at radius 2 is 1.94 bits per heavy atom. The molecule has 3 heterocycles. The number of piperidine rings is 1. The molecule has 0 radical (unpaired) electrons. The Morgan fingerprint density at radius 3 is 2.58 bits per heavy atom. The topological polar surface area (TPSA) is 97.3 Å². The molecule has 0 unspecified atom stereocenters. The summed E-state index contributed by atoms with van der Waals surface area (Å²) in [5, 5.41) is 13.3. The summed E-state index contributed by atoms with van der Waals surface area (Å²) in [7, 11) is 0. The first-order valence-electron chi connectivity index (χ1n) is 10.6. The molecule has 1 saturated heterocycles. The number of carbonyl (C=O) groups excluding carboxylic acids is 2. The minimum atomic E-state index is -0.304. The van der Waals surface area contributed by atoms with Gasteiger partial charge in [-0.3, -0.25) is 14.6 Å². The molecule has 0 spiro atoms. The normalized spacial score (nSPS) is 14.2. The molecule has 1 aliphatic rings. The van der Waals surface area contributed by atoms with Crippen molar-refractivity contribution in [3.8, 4) is 16.3 Å². The van der Waals surface area contributed by atoms with Gasteiger partial charge in [-0.05, 0) is 24.6 Å². The fourth-order valence-electron chi connectivity index (χ4n) is 3.57. The number of hydrogen-bond donors (Lipinski definition) is 1. The highest BCUT2D eigenvalue weighted by Crippen LogP contribution is 2.33. The molecule has 2 aromatic heterocycles. The Bertz CT molecular complexity index is 1140. The number of halogens is 1. The van der Waals surface area contributed by atoms with Crippen LogP contribution in [0.15, 0.2) is 36.5 Å². The van der Waals surface area contributed by atoms with Gasteiger partial charge in [0.05, 0.1) is 5.56 Å². The third-order valence-corrected chi connectivity index (χ3v) is 6.53. The Kier molecular flexibility index (Phi) is 7.20. The minimum absolute atomic E-state index is 0.0688. The van der Waals surface area contributed by atoms with Gasteiger partial charge in [0.15, 0.2) is 5.01 Å². The number of benzene rings is 1. The molecule has 172 valence electrons. The predicted molar refractivity (Wildman–Crippen MR) is 126 cm³/mol. The van der Waals surface area contributed by atoms with E-state index in [0.717, 1.165) is 10.6 Å². The number of carbonyl (C=O) groups is 2. The highest BCUT2D eigenvalue weighted by molar-refractivity contribution is 7.14. The van der Waals surface area contributed by atoms with Gasteiger partial charge < -0.3 is 15.0 Å². The summed E-state index contributed by atoms with van der Waals surface area (Å²) >= 11 is 7.36. The number of aromatic nitrogens is 3. The Balaban J connectivity index is 1.52. The van der Waals surface area contributed by atoms with Crippen LogP contribution in [-0.2, 0) is 11.3 Å². The van der Waals surface area contributed by atoms with E-state index in [1.165, 1.54) is 11.3 Å². The van der Waals surface area contributed by atoms with Crippen molar-refractivity contribution < 1.29 is 14.3 Å². The Morgan fingerprint density at radius 1 is 1.21 bits per heavy atom. The van der Waals surface area contributed by atoms with E-state index < -0.39 is 0 Å². The van der Waals surface area contributed by atoms with Crippen LogP contribution >= 0.6 is 22.9 Å². The summed E-state index contributed by atoms with van der Waals surface area (Å²) in [4.78, 5) is 30.6. The number of amides is 2. The average molecular weight is 486 g/mol. The SMILES string of the molecule is CC(=O)N1CCC(Oc2cc(C(=O)NCc3ccc(Cl)cc3)ncc2-c2nnc(C)s2)CC1. The number of hydrogen-bond acceptors (Lipinski definition) is 7. The molecule has 33 heavy (non-hydrogen) atoms. The average Bonchev–Trinajstić information content (AvgIpc) is 3.24. The van der Waals surface area contributed by atoms with Crippen molar-refractivity contribution >= 4 is 34.8 Å². The molecular formula is C23H24ClN5O3S. The van der Waals surface area contributed by atoms with Crippen molar-refractivity contribution in [3.05, 3.63) is 57.8 Å². The van der Waals surface area contributed by atoms with Gasteiger partial charge in [-0.1, -0.05) is 35.1 Å². The molecule has 1 fully saturated rings. The molecule has 3 aromatic rings. The van der Waals surface area contributed by atoms with E-state index in [-0.39, 0.29) is 23.6 Å². The van der Waals surface area contributed by atoms with Crippen molar-refractivity contribution in [3.63, 3.8) is 0 Å². The summed E-state index contributed by atoms with van der Waals surface area (Å²) in [6.45, 7) is 5.11. The molecular weight excluding hydrogens is 462 g/mol.